The molecule has 4 aromatic rings. The Morgan fingerprint density at radius 1 is 0.950 bits per heavy atom. The molecule has 0 bridgehead atoms. The van der Waals surface area contributed by atoms with Gasteiger partial charge in [-0.15, -0.1) is 0 Å². The maximum absolute atomic E-state index is 14.4. The van der Waals surface area contributed by atoms with Gasteiger partial charge in [0.05, 0.1) is 5.52 Å². The summed E-state index contributed by atoms with van der Waals surface area (Å²) in [6.07, 6.45) is 1.36. The van der Waals surface area contributed by atoms with E-state index in [-0.39, 0.29) is 11.4 Å². The summed E-state index contributed by atoms with van der Waals surface area (Å²) in [5, 5.41) is 3.50. The minimum Gasteiger partial charge on any atom is -0.255 e. The Hall–Kier alpha value is -2.48. The van der Waals surface area contributed by atoms with Crippen LogP contribution in [0.2, 0.25) is 0 Å². The standard InChI is InChI=1S/C18H12FN/c1-11-9-15-12-5-2-3-6-13(12)17-14(18(15)20-10-11)7-4-8-16(17)19/h2-10H,1H3/i1D3. The molecule has 0 atom stereocenters. The van der Waals surface area contributed by atoms with Gasteiger partial charge in [-0.05, 0) is 35.3 Å². The molecule has 1 nitrogen and oxygen atoms in total. The van der Waals surface area contributed by atoms with Crippen LogP contribution in [0.15, 0.2) is 54.7 Å². The summed E-state index contributed by atoms with van der Waals surface area (Å²) in [5.74, 6) is -0.303. The van der Waals surface area contributed by atoms with E-state index in [0.29, 0.717) is 16.3 Å². The molecule has 0 saturated carbocycles. The van der Waals surface area contributed by atoms with Crippen LogP contribution in [0.5, 0.6) is 0 Å². The SMILES string of the molecule is [2H]C([2H])([2H])c1cnc2c(c1)c1ccccc1c1c(F)cccc21. The number of hydrogen-bond donors (Lipinski definition) is 0. The minimum absolute atomic E-state index is 0.186. The Kier molecular flexibility index (Phi) is 1.73. The lowest BCUT2D eigenvalue weighted by Crippen LogP contribution is -1.89. The highest BCUT2D eigenvalue weighted by molar-refractivity contribution is 6.24. The maximum atomic E-state index is 14.4. The number of benzene rings is 3. The van der Waals surface area contributed by atoms with Gasteiger partial charge in [-0.25, -0.2) is 4.39 Å². The topological polar surface area (TPSA) is 12.9 Å². The van der Waals surface area contributed by atoms with Gasteiger partial charge in [0, 0.05) is 26.5 Å². The molecule has 0 spiro atoms. The van der Waals surface area contributed by atoms with E-state index in [1.54, 1.807) is 12.1 Å². The monoisotopic (exact) mass is 264 g/mol. The van der Waals surface area contributed by atoms with Gasteiger partial charge in [-0.3, -0.25) is 4.98 Å². The molecule has 4 rings (SSSR count). The van der Waals surface area contributed by atoms with Crippen molar-refractivity contribution in [2.45, 2.75) is 6.85 Å². The third-order valence-corrected chi connectivity index (χ3v) is 3.64. The number of nitrogens with zero attached hydrogens (tertiary/aromatic N) is 1. The van der Waals surface area contributed by atoms with Crippen molar-refractivity contribution in [2.24, 2.45) is 0 Å². The first-order valence-corrected chi connectivity index (χ1v) is 6.36. The Morgan fingerprint density at radius 2 is 1.75 bits per heavy atom. The molecule has 1 heterocycles. The van der Waals surface area contributed by atoms with Crippen molar-refractivity contribution < 1.29 is 8.50 Å². The minimum atomic E-state index is -2.22. The van der Waals surface area contributed by atoms with Crippen molar-refractivity contribution in [3.63, 3.8) is 0 Å². The Labute approximate surface area is 119 Å². The molecule has 96 valence electrons. The van der Waals surface area contributed by atoms with Crippen molar-refractivity contribution in [1.29, 1.82) is 0 Å². The molecule has 0 aliphatic carbocycles. The predicted octanol–water partition coefficient (Wildman–Crippen LogP) is 4.99. The largest absolute Gasteiger partial charge is 0.255 e. The average molecular weight is 264 g/mol. The number of halogens is 1. The van der Waals surface area contributed by atoms with Gasteiger partial charge in [0.15, 0.2) is 0 Å². The third-order valence-electron chi connectivity index (χ3n) is 3.64. The van der Waals surface area contributed by atoms with Crippen LogP contribution in [-0.4, -0.2) is 4.98 Å². The molecule has 0 unspecified atom stereocenters. The lowest BCUT2D eigenvalue weighted by molar-refractivity contribution is 0.640. The second-order valence-electron chi connectivity index (χ2n) is 4.83. The number of aromatic nitrogens is 1. The van der Waals surface area contributed by atoms with Gasteiger partial charge in [-0.2, -0.15) is 0 Å². The van der Waals surface area contributed by atoms with Gasteiger partial charge in [0.25, 0.3) is 0 Å². The second kappa shape index (κ2) is 4.01. The van der Waals surface area contributed by atoms with Crippen LogP contribution in [0.25, 0.3) is 32.4 Å². The zero-order chi connectivity index (χ0) is 16.2. The third kappa shape index (κ3) is 1.45. The molecular weight excluding hydrogens is 249 g/mol. The second-order valence-corrected chi connectivity index (χ2v) is 4.83. The van der Waals surface area contributed by atoms with Crippen LogP contribution < -0.4 is 0 Å². The van der Waals surface area contributed by atoms with Gasteiger partial charge in [0.2, 0.25) is 0 Å². The van der Waals surface area contributed by atoms with E-state index in [1.165, 1.54) is 12.3 Å². The fourth-order valence-corrected chi connectivity index (χ4v) is 2.82. The molecule has 0 aliphatic rings. The first-order chi connectivity index (χ1) is 11.0. The van der Waals surface area contributed by atoms with Gasteiger partial charge in [0.1, 0.15) is 5.82 Å². The summed E-state index contributed by atoms with van der Waals surface area (Å²) in [6, 6.07) is 14.0. The Morgan fingerprint density at radius 3 is 2.60 bits per heavy atom. The molecule has 0 aliphatic heterocycles. The van der Waals surface area contributed by atoms with Crippen molar-refractivity contribution in [3.05, 3.63) is 66.1 Å². The van der Waals surface area contributed by atoms with E-state index in [2.05, 4.69) is 4.98 Å². The first kappa shape index (κ1) is 8.64. The molecule has 0 N–H and O–H groups in total. The van der Waals surface area contributed by atoms with Crippen LogP contribution in [0.1, 0.15) is 9.68 Å². The number of fused-ring (bicyclic) bond motifs is 6. The fraction of sp³-hybridized carbons (Fsp3) is 0.0556. The Bertz CT molecular complexity index is 1040. The highest BCUT2D eigenvalue weighted by Crippen LogP contribution is 2.35. The zero-order valence-corrected chi connectivity index (χ0v) is 10.5. The quantitative estimate of drug-likeness (QED) is 0.408. The van der Waals surface area contributed by atoms with E-state index in [9.17, 15) is 4.39 Å². The smallest absolute Gasteiger partial charge is 0.131 e. The summed E-state index contributed by atoms with van der Waals surface area (Å²) in [7, 11) is 0. The lowest BCUT2D eigenvalue weighted by atomic mass is 9.96. The number of aryl methyl sites for hydroxylation is 1. The summed E-state index contributed by atoms with van der Waals surface area (Å²) in [5.41, 5.74) is 0.803. The average Bonchev–Trinajstić information content (AvgIpc) is 2.54. The van der Waals surface area contributed by atoms with E-state index in [1.807, 2.05) is 30.3 Å². The Balaban J connectivity index is 2.30. The van der Waals surface area contributed by atoms with Gasteiger partial charge in [-0.1, -0.05) is 36.4 Å². The number of rotatable bonds is 0. The van der Waals surface area contributed by atoms with Crippen LogP contribution >= 0.6 is 0 Å². The lowest BCUT2D eigenvalue weighted by Gasteiger charge is -2.10. The molecule has 0 radical (unpaired) electrons. The van der Waals surface area contributed by atoms with Crippen LogP contribution in [0.3, 0.4) is 0 Å². The summed E-state index contributed by atoms with van der Waals surface area (Å²) in [6.45, 7) is -2.22. The maximum Gasteiger partial charge on any atom is 0.131 e. The van der Waals surface area contributed by atoms with Gasteiger partial charge >= 0.3 is 0 Å². The van der Waals surface area contributed by atoms with Crippen molar-refractivity contribution in [2.75, 3.05) is 0 Å². The molecule has 0 saturated heterocycles. The molecule has 20 heavy (non-hydrogen) atoms. The zero-order valence-electron chi connectivity index (χ0n) is 13.5. The highest BCUT2D eigenvalue weighted by Gasteiger charge is 2.11. The van der Waals surface area contributed by atoms with E-state index in [4.69, 9.17) is 4.11 Å². The predicted molar refractivity (Wildman–Crippen MR) is 81.5 cm³/mol. The van der Waals surface area contributed by atoms with E-state index >= 15 is 0 Å². The molecule has 2 heteroatoms. The van der Waals surface area contributed by atoms with Crippen LogP contribution in [-0.2, 0) is 0 Å². The first-order valence-electron chi connectivity index (χ1n) is 7.86. The highest BCUT2D eigenvalue weighted by atomic mass is 19.1. The fourth-order valence-electron chi connectivity index (χ4n) is 2.82. The van der Waals surface area contributed by atoms with Crippen LogP contribution in [0, 0.1) is 12.7 Å². The molecule has 3 aromatic carbocycles. The van der Waals surface area contributed by atoms with Crippen molar-refractivity contribution in [3.8, 4) is 0 Å². The van der Waals surface area contributed by atoms with Gasteiger partial charge < -0.3 is 0 Å². The molecule has 0 fully saturated rings. The number of hydrogen-bond acceptors (Lipinski definition) is 1. The van der Waals surface area contributed by atoms with Crippen molar-refractivity contribution >= 4 is 32.4 Å². The summed E-state index contributed by atoms with van der Waals surface area (Å²) >= 11 is 0. The summed E-state index contributed by atoms with van der Waals surface area (Å²) < 4.78 is 37.2. The molecular formula is C18H12FN. The van der Waals surface area contributed by atoms with Crippen molar-refractivity contribution in [1.82, 2.24) is 4.98 Å². The normalized spacial score (nSPS) is 14.3. The molecule has 0 amide bonds. The summed E-state index contributed by atoms with van der Waals surface area (Å²) in [4.78, 5) is 4.34. The van der Waals surface area contributed by atoms with E-state index in [0.717, 1.165) is 16.2 Å². The molecule has 1 aromatic heterocycles. The van der Waals surface area contributed by atoms with E-state index < -0.39 is 6.85 Å². The van der Waals surface area contributed by atoms with Crippen LogP contribution in [0.4, 0.5) is 4.39 Å². The number of pyridine rings is 1.